The molecule has 2 aromatic heterocycles. The van der Waals surface area contributed by atoms with Crippen molar-refractivity contribution in [1.82, 2.24) is 15.0 Å². The molecule has 2 aromatic rings. The van der Waals surface area contributed by atoms with Crippen LogP contribution in [0, 0.1) is 0 Å². The maximum absolute atomic E-state index is 6.17. The van der Waals surface area contributed by atoms with Gasteiger partial charge in [0.1, 0.15) is 11.6 Å². The maximum atomic E-state index is 6.17. The molecule has 0 saturated carbocycles. The van der Waals surface area contributed by atoms with E-state index in [-0.39, 0.29) is 0 Å². The molecule has 0 bridgehead atoms. The van der Waals surface area contributed by atoms with Gasteiger partial charge in [0, 0.05) is 37.7 Å². The lowest BCUT2D eigenvalue weighted by Gasteiger charge is -2.19. The molecule has 0 aromatic carbocycles. The van der Waals surface area contributed by atoms with E-state index in [1.807, 2.05) is 12.1 Å². The van der Waals surface area contributed by atoms with Crippen molar-refractivity contribution >= 4 is 23.2 Å². The summed E-state index contributed by atoms with van der Waals surface area (Å²) in [6.45, 7) is 1.81. The van der Waals surface area contributed by atoms with Gasteiger partial charge in [0.2, 0.25) is 0 Å². The number of anilines is 2. The Bertz CT molecular complexity index is 548. The van der Waals surface area contributed by atoms with Gasteiger partial charge in [-0.3, -0.25) is 4.98 Å². The molecule has 0 radical (unpaired) electrons. The van der Waals surface area contributed by atoms with Crippen LogP contribution in [-0.4, -0.2) is 34.1 Å². The summed E-state index contributed by atoms with van der Waals surface area (Å²) in [6.07, 6.45) is 7.88. The van der Waals surface area contributed by atoms with Crippen molar-refractivity contribution in [1.29, 1.82) is 0 Å². The number of hydrogen-bond donors (Lipinski definition) is 1. The van der Waals surface area contributed by atoms with Gasteiger partial charge in [-0.25, -0.2) is 9.97 Å². The van der Waals surface area contributed by atoms with Crippen molar-refractivity contribution in [2.24, 2.45) is 0 Å². The third-order valence-corrected chi connectivity index (χ3v) is 3.44. The minimum absolute atomic E-state index is 0.342. The molecular weight excluding hydrogens is 262 g/mol. The number of nitrogens with zero attached hydrogens (tertiary/aromatic N) is 4. The van der Waals surface area contributed by atoms with Gasteiger partial charge in [-0.05, 0) is 18.6 Å². The van der Waals surface area contributed by atoms with E-state index in [9.17, 15) is 0 Å². The van der Waals surface area contributed by atoms with E-state index in [0.717, 1.165) is 31.1 Å². The largest absolute Gasteiger partial charge is 0.364 e. The van der Waals surface area contributed by atoms with Crippen LogP contribution < -0.4 is 10.2 Å². The van der Waals surface area contributed by atoms with Crippen LogP contribution in [0.25, 0.3) is 0 Å². The lowest BCUT2D eigenvalue weighted by Crippen LogP contribution is -2.27. The van der Waals surface area contributed by atoms with Crippen LogP contribution in [0.1, 0.15) is 6.42 Å². The van der Waals surface area contributed by atoms with Crippen molar-refractivity contribution < 1.29 is 0 Å². The Labute approximate surface area is 116 Å². The number of nitrogens with one attached hydrogen (secondary N) is 1. The lowest BCUT2D eigenvalue weighted by molar-refractivity contribution is 0.798. The highest BCUT2D eigenvalue weighted by Gasteiger charge is 2.24. The molecule has 1 aliphatic rings. The Kier molecular flexibility index (Phi) is 3.46. The van der Waals surface area contributed by atoms with E-state index in [0.29, 0.717) is 11.1 Å². The average Bonchev–Trinajstić information content (AvgIpc) is 2.89. The molecule has 1 fully saturated rings. The van der Waals surface area contributed by atoms with Crippen LogP contribution in [0.4, 0.5) is 11.6 Å². The topological polar surface area (TPSA) is 53.9 Å². The van der Waals surface area contributed by atoms with Gasteiger partial charge in [-0.1, -0.05) is 11.6 Å². The van der Waals surface area contributed by atoms with Crippen LogP contribution in [0.2, 0.25) is 5.02 Å². The van der Waals surface area contributed by atoms with Gasteiger partial charge >= 0.3 is 0 Å². The first-order valence-corrected chi connectivity index (χ1v) is 6.59. The Morgan fingerprint density at radius 2 is 2.21 bits per heavy atom. The molecule has 1 N–H and O–H groups in total. The highest BCUT2D eigenvalue weighted by molar-refractivity contribution is 6.32. The second-order valence-electron chi connectivity index (χ2n) is 4.48. The minimum atomic E-state index is 0.342. The summed E-state index contributed by atoms with van der Waals surface area (Å²) in [7, 11) is 0. The van der Waals surface area contributed by atoms with Crippen molar-refractivity contribution in [3.63, 3.8) is 0 Å². The number of halogens is 1. The van der Waals surface area contributed by atoms with Crippen molar-refractivity contribution in [2.75, 3.05) is 23.3 Å². The van der Waals surface area contributed by atoms with Crippen LogP contribution in [-0.2, 0) is 0 Å². The second-order valence-corrected chi connectivity index (χ2v) is 4.88. The number of rotatable bonds is 3. The molecular formula is C13H14ClN5. The van der Waals surface area contributed by atoms with Gasteiger partial charge in [0.25, 0.3) is 0 Å². The minimum Gasteiger partial charge on any atom is -0.364 e. The van der Waals surface area contributed by atoms with E-state index < -0.39 is 0 Å². The summed E-state index contributed by atoms with van der Waals surface area (Å²) < 4.78 is 0. The highest BCUT2D eigenvalue weighted by Crippen LogP contribution is 2.26. The quantitative estimate of drug-likeness (QED) is 0.931. The van der Waals surface area contributed by atoms with E-state index in [4.69, 9.17) is 11.6 Å². The van der Waals surface area contributed by atoms with E-state index in [1.54, 1.807) is 24.8 Å². The fourth-order valence-electron chi connectivity index (χ4n) is 2.26. The molecule has 3 rings (SSSR count). The first kappa shape index (κ1) is 12.2. The molecule has 19 heavy (non-hydrogen) atoms. The molecule has 0 spiro atoms. The molecule has 5 nitrogen and oxygen atoms in total. The predicted octanol–water partition coefficient (Wildman–Crippen LogP) is 2.22. The standard InChI is InChI=1S/C13H14ClN5/c14-11-2-1-4-17-13(11)19-7-3-10(9-19)18-12-8-15-5-6-16-12/h1-2,4-6,8,10H,3,7,9H2,(H,16,18). The molecule has 1 unspecified atom stereocenters. The maximum Gasteiger partial charge on any atom is 0.147 e. The fourth-order valence-corrected chi connectivity index (χ4v) is 2.50. The summed E-state index contributed by atoms with van der Waals surface area (Å²) in [6, 6.07) is 4.06. The van der Waals surface area contributed by atoms with Crippen LogP contribution in [0.15, 0.2) is 36.9 Å². The Morgan fingerprint density at radius 1 is 1.26 bits per heavy atom. The number of aromatic nitrogens is 3. The molecule has 1 aliphatic heterocycles. The van der Waals surface area contributed by atoms with Gasteiger partial charge in [-0.2, -0.15) is 0 Å². The average molecular weight is 276 g/mol. The van der Waals surface area contributed by atoms with Crippen molar-refractivity contribution in [3.05, 3.63) is 41.9 Å². The molecule has 1 saturated heterocycles. The predicted molar refractivity (Wildman–Crippen MR) is 75.5 cm³/mol. The highest BCUT2D eigenvalue weighted by atomic mass is 35.5. The van der Waals surface area contributed by atoms with Gasteiger partial charge in [-0.15, -0.1) is 0 Å². The van der Waals surface area contributed by atoms with Crippen LogP contribution in [0.5, 0.6) is 0 Å². The Morgan fingerprint density at radius 3 is 3.00 bits per heavy atom. The molecule has 3 heterocycles. The molecule has 98 valence electrons. The Hall–Kier alpha value is -1.88. The van der Waals surface area contributed by atoms with Gasteiger partial charge in [0.05, 0.1) is 11.2 Å². The summed E-state index contributed by atoms with van der Waals surface area (Å²) in [5.74, 6) is 1.66. The third kappa shape index (κ3) is 2.76. The monoisotopic (exact) mass is 275 g/mol. The first-order valence-electron chi connectivity index (χ1n) is 6.21. The summed E-state index contributed by atoms with van der Waals surface area (Å²) in [5.41, 5.74) is 0. The normalized spacial score (nSPS) is 18.6. The molecule has 6 heteroatoms. The third-order valence-electron chi connectivity index (χ3n) is 3.14. The molecule has 1 atom stereocenters. The van der Waals surface area contributed by atoms with E-state index in [2.05, 4.69) is 25.2 Å². The van der Waals surface area contributed by atoms with E-state index >= 15 is 0 Å². The SMILES string of the molecule is Clc1cccnc1N1CCC(Nc2cnccn2)C1. The molecule has 0 amide bonds. The Balaban J connectivity index is 1.66. The number of hydrogen-bond acceptors (Lipinski definition) is 5. The van der Waals surface area contributed by atoms with Gasteiger partial charge < -0.3 is 10.2 Å². The van der Waals surface area contributed by atoms with Gasteiger partial charge in [0.15, 0.2) is 0 Å². The second kappa shape index (κ2) is 5.40. The van der Waals surface area contributed by atoms with Crippen molar-refractivity contribution in [2.45, 2.75) is 12.5 Å². The summed E-state index contributed by atoms with van der Waals surface area (Å²) >= 11 is 6.17. The zero-order valence-corrected chi connectivity index (χ0v) is 11.1. The molecule has 0 aliphatic carbocycles. The first-order chi connectivity index (χ1) is 9.33. The summed E-state index contributed by atoms with van der Waals surface area (Å²) in [5, 5.41) is 4.07. The van der Waals surface area contributed by atoms with E-state index in [1.165, 1.54) is 0 Å². The fraction of sp³-hybridized carbons (Fsp3) is 0.308. The van der Waals surface area contributed by atoms with Crippen LogP contribution >= 0.6 is 11.6 Å². The zero-order chi connectivity index (χ0) is 13.1. The lowest BCUT2D eigenvalue weighted by atomic mass is 10.3. The number of pyridine rings is 1. The summed E-state index contributed by atoms with van der Waals surface area (Å²) in [4.78, 5) is 14.8. The van der Waals surface area contributed by atoms with Crippen molar-refractivity contribution in [3.8, 4) is 0 Å². The van der Waals surface area contributed by atoms with Crippen LogP contribution in [0.3, 0.4) is 0 Å². The zero-order valence-electron chi connectivity index (χ0n) is 10.3. The smallest absolute Gasteiger partial charge is 0.147 e.